The normalized spacial score (nSPS) is 10.1. The third kappa shape index (κ3) is 10.9. The molecule has 0 aromatic rings. The first-order valence-electron chi connectivity index (χ1n) is 2.06. The first-order valence-corrected chi connectivity index (χ1v) is 4.54. The summed E-state index contributed by atoms with van der Waals surface area (Å²) in [5.74, 6) is -1.68. The predicted molar refractivity (Wildman–Crippen MR) is 39.1 cm³/mol. The minimum Gasteiger partial charge on any atom is -0.481 e. The summed E-state index contributed by atoms with van der Waals surface area (Å²) in [7, 11) is 1.06. The van der Waals surface area contributed by atoms with Crippen molar-refractivity contribution in [2.45, 2.75) is 6.42 Å². The Balaban J connectivity index is 0. The van der Waals surface area contributed by atoms with E-state index in [-0.39, 0.29) is 12.4 Å². The number of aliphatic carboxylic acids is 1. The van der Waals surface area contributed by atoms with E-state index in [0.717, 1.165) is 0 Å². The summed E-state index contributed by atoms with van der Waals surface area (Å²) in [6.45, 7) is 0. The Kier molecular flexibility index (Phi) is 6.02. The fraction of sp³-hybridized carbons (Fsp3) is 0.667. The van der Waals surface area contributed by atoms with E-state index < -0.39 is 27.2 Å². The van der Waals surface area contributed by atoms with Crippen LogP contribution in [0.3, 0.4) is 0 Å². The molecule has 0 heterocycles. The zero-order valence-electron chi connectivity index (χ0n) is 4.78. The quantitative estimate of drug-likeness (QED) is 0.685. The molecule has 0 aromatic heterocycles. The van der Waals surface area contributed by atoms with Gasteiger partial charge in [0.1, 0.15) is 0 Å². The summed E-state index contributed by atoms with van der Waals surface area (Å²) in [5.41, 5.74) is 0. The third-order valence-electron chi connectivity index (χ3n) is 0.560. The molecule has 0 fully saturated rings. The molecule has 0 bridgehead atoms. The molecule has 0 amide bonds. The van der Waals surface area contributed by atoms with Crippen molar-refractivity contribution in [1.29, 1.82) is 0 Å². The summed E-state index contributed by atoms with van der Waals surface area (Å²) in [4.78, 5) is 9.72. The molecule has 0 aromatic carbocycles. The van der Waals surface area contributed by atoms with Crippen molar-refractivity contribution in [1.82, 2.24) is 0 Å². The molecule has 0 aliphatic rings. The minimum atomic E-state index is -3.63. The van der Waals surface area contributed by atoms with Crippen molar-refractivity contribution in [3.05, 3.63) is 0 Å². The molecule has 62 valence electrons. The van der Waals surface area contributed by atoms with Gasteiger partial charge >= 0.3 is 5.97 Å². The molecule has 0 radical (unpaired) electrons. The third-order valence-corrected chi connectivity index (χ3v) is 1.71. The molecule has 0 atom stereocenters. The maximum Gasteiger partial charge on any atom is 0.304 e. The van der Waals surface area contributed by atoms with Gasteiger partial charge < -0.3 is 5.11 Å². The minimum absolute atomic E-state index is 0. The zero-order valence-corrected chi connectivity index (χ0v) is 7.17. The van der Waals surface area contributed by atoms with E-state index in [2.05, 4.69) is 10.7 Å². The highest BCUT2D eigenvalue weighted by molar-refractivity contribution is 8.13. The van der Waals surface area contributed by atoms with Gasteiger partial charge in [-0.2, -0.15) is 0 Å². The molecule has 0 aliphatic heterocycles. The zero-order chi connectivity index (χ0) is 7.49. The average Bonchev–Trinajstić information content (AvgIpc) is 1.59. The smallest absolute Gasteiger partial charge is 0.304 e. The molecule has 0 aliphatic carbocycles. The van der Waals surface area contributed by atoms with E-state index in [1.165, 1.54) is 0 Å². The number of carbonyl (C=O) groups is 1. The van der Waals surface area contributed by atoms with Gasteiger partial charge in [0, 0.05) is 10.7 Å². The lowest BCUT2D eigenvalue weighted by molar-refractivity contribution is -0.136. The van der Waals surface area contributed by atoms with Crippen molar-refractivity contribution < 1.29 is 18.3 Å². The van der Waals surface area contributed by atoms with Gasteiger partial charge in [0.2, 0.25) is 9.05 Å². The molecule has 7 heteroatoms. The van der Waals surface area contributed by atoms with Crippen molar-refractivity contribution >= 4 is 38.1 Å². The number of hydrogen-bond donors (Lipinski definition) is 1. The van der Waals surface area contributed by atoms with Crippen LogP contribution in [0, 0.1) is 0 Å². The van der Waals surface area contributed by atoms with E-state index in [1.54, 1.807) is 0 Å². The van der Waals surface area contributed by atoms with Crippen LogP contribution in [0.25, 0.3) is 0 Å². The molecule has 0 rings (SSSR count). The average molecular weight is 209 g/mol. The highest BCUT2D eigenvalue weighted by Crippen LogP contribution is 1.97. The lowest BCUT2D eigenvalue weighted by Gasteiger charge is -1.88. The Morgan fingerprint density at radius 1 is 1.50 bits per heavy atom. The van der Waals surface area contributed by atoms with Crippen LogP contribution in [0.2, 0.25) is 0 Å². The Labute approximate surface area is 69.0 Å². The first-order chi connectivity index (χ1) is 3.92. The summed E-state index contributed by atoms with van der Waals surface area (Å²) >= 11 is 0. The molecule has 0 spiro atoms. The molecular formula is C3H6Cl2O4S. The molecule has 1 N–H and O–H groups in total. The number of halogens is 2. The van der Waals surface area contributed by atoms with Gasteiger partial charge in [0.25, 0.3) is 0 Å². The lowest BCUT2D eigenvalue weighted by atomic mass is 10.5. The van der Waals surface area contributed by atoms with Crippen LogP contribution >= 0.6 is 23.1 Å². The van der Waals surface area contributed by atoms with Crippen molar-refractivity contribution in [3.63, 3.8) is 0 Å². The van der Waals surface area contributed by atoms with E-state index in [4.69, 9.17) is 5.11 Å². The van der Waals surface area contributed by atoms with Gasteiger partial charge in [-0.1, -0.05) is 0 Å². The second-order valence-corrected chi connectivity index (χ2v) is 4.28. The lowest BCUT2D eigenvalue weighted by Crippen LogP contribution is -2.04. The second-order valence-electron chi connectivity index (χ2n) is 1.39. The van der Waals surface area contributed by atoms with Crippen LogP contribution in [0.1, 0.15) is 6.42 Å². The van der Waals surface area contributed by atoms with Gasteiger partial charge in [-0.3, -0.25) is 4.79 Å². The Morgan fingerprint density at radius 2 is 1.90 bits per heavy atom. The summed E-state index contributed by atoms with van der Waals surface area (Å²) in [5, 5.41) is 7.95. The second kappa shape index (κ2) is 4.76. The van der Waals surface area contributed by atoms with Gasteiger partial charge in [0.05, 0.1) is 12.2 Å². The molecule has 0 unspecified atom stereocenters. The molecular weight excluding hydrogens is 203 g/mol. The fourth-order valence-corrected chi connectivity index (χ4v) is 0.859. The van der Waals surface area contributed by atoms with Crippen LogP contribution in [-0.4, -0.2) is 25.2 Å². The maximum atomic E-state index is 10.0. The number of carboxylic acid groups (broad SMARTS) is 1. The number of carboxylic acids is 1. The first kappa shape index (κ1) is 12.7. The number of rotatable bonds is 3. The summed E-state index contributed by atoms with van der Waals surface area (Å²) in [6.07, 6.45) is -0.439. The molecule has 4 nitrogen and oxygen atoms in total. The van der Waals surface area contributed by atoms with E-state index in [0.29, 0.717) is 0 Å². The van der Waals surface area contributed by atoms with Crippen molar-refractivity contribution in [3.8, 4) is 0 Å². The van der Waals surface area contributed by atoms with Crippen LogP contribution in [0.5, 0.6) is 0 Å². The Hall–Kier alpha value is -0.000000000000000111. The maximum absolute atomic E-state index is 10.0. The largest absolute Gasteiger partial charge is 0.481 e. The molecule has 0 saturated heterocycles. The molecule has 10 heavy (non-hydrogen) atoms. The fourth-order valence-electron chi connectivity index (χ4n) is 0.209. The predicted octanol–water partition coefficient (Wildman–Crippen LogP) is 0.452. The summed E-state index contributed by atoms with van der Waals surface area (Å²) < 4.78 is 20.1. The Morgan fingerprint density at radius 3 is 2.00 bits per heavy atom. The van der Waals surface area contributed by atoms with E-state index >= 15 is 0 Å². The molecule has 0 saturated carbocycles. The standard InChI is InChI=1S/C3H5ClO4S.ClH/c4-9(7,8)2-1-3(5)6;/h1-2H2,(H,5,6);1H. The van der Waals surface area contributed by atoms with Crippen LogP contribution < -0.4 is 0 Å². The summed E-state index contributed by atoms with van der Waals surface area (Å²) in [6, 6.07) is 0. The Bertz CT molecular complexity index is 197. The van der Waals surface area contributed by atoms with Crippen LogP contribution in [0.15, 0.2) is 0 Å². The monoisotopic (exact) mass is 208 g/mol. The van der Waals surface area contributed by atoms with Gasteiger partial charge in [-0.15, -0.1) is 12.4 Å². The SMILES string of the molecule is Cl.O=C(O)CCS(=O)(=O)Cl. The highest BCUT2D eigenvalue weighted by atomic mass is 35.7. The van der Waals surface area contributed by atoms with Gasteiger partial charge in [-0.25, -0.2) is 8.42 Å². The van der Waals surface area contributed by atoms with Gasteiger partial charge in [-0.05, 0) is 0 Å². The van der Waals surface area contributed by atoms with Crippen molar-refractivity contribution in [2.24, 2.45) is 0 Å². The van der Waals surface area contributed by atoms with Crippen molar-refractivity contribution in [2.75, 3.05) is 5.75 Å². The van der Waals surface area contributed by atoms with E-state index in [1.807, 2.05) is 0 Å². The topological polar surface area (TPSA) is 71.4 Å². The highest BCUT2D eigenvalue weighted by Gasteiger charge is 2.07. The van der Waals surface area contributed by atoms with E-state index in [9.17, 15) is 13.2 Å². The van der Waals surface area contributed by atoms with Crippen LogP contribution in [0.4, 0.5) is 0 Å². The number of hydrogen-bond acceptors (Lipinski definition) is 3. The van der Waals surface area contributed by atoms with Gasteiger partial charge in [0.15, 0.2) is 0 Å². The van der Waals surface area contributed by atoms with Crippen LogP contribution in [-0.2, 0) is 13.8 Å².